The van der Waals surface area contributed by atoms with Gasteiger partial charge in [-0.3, -0.25) is 14.6 Å². The van der Waals surface area contributed by atoms with Crippen LogP contribution in [0.2, 0.25) is 0 Å². The van der Waals surface area contributed by atoms with Gasteiger partial charge in [0.15, 0.2) is 5.76 Å². The van der Waals surface area contributed by atoms with Gasteiger partial charge in [0.1, 0.15) is 5.76 Å². The average molecular weight is 369 g/mol. The Morgan fingerprint density at radius 3 is 2.81 bits per heavy atom. The van der Waals surface area contributed by atoms with E-state index in [9.17, 15) is 9.59 Å². The number of furan rings is 1. The number of carbonyl (C=O) groups excluding carboxylic acids is 2. The fraction of sp³-hybridized carbons (Fsp3) is 0.450. The van der Waals surface area contributed by atoms with Crippen molar-refractivity contribution < 1.29 is 18.7 Å². The summed E-state index contributed by atoms with van der Waals surface area (Å²) in [7, 11) is 0. The number of likely N-dealkylation sites (tertiary alicyclic amines) is 1. The van der Waals surface area contributed by atoms with Crippen LogP contribution in [-0.2, 0) is 4.74 Å². The van der Waals surface area contributed by atoms with Crippen LogP contribution in [0, 0.1) is 6.92 Å². The molecule has 2 aromatic rings. The highest BCUT2D eigenvalue weighted by molar-refractivity contribution is 5.94. The summed E-state index contributed by atoms with van der Waals surface area (Å²) in [5.74, 6) is 0.880. The van der Waals surface area contributed by atoms with Gasteiger partial charge >= 0.3 is 0 Å². The lowest BCUT2D eigenvalue weighted by Crippen LogP contribution is -2.50. The van der Waals surface area contributed by atoms with Crippen molar-refractivity contribution in [1.29, 1.82) is 0 Å². The van der Waals surface area contributed by atoms with Crippen molar-refractivity contribution in [3.8, 4) is 0 Å². The Bertz CT molecular complexity index is 835. The first-order valence-corrected chi connectivity index (χ1v) is 9.25. The Labute approximate surface area is 157 Å². The molecule has 2 fully saturated rings. The molecule has 2 aromatic heterocycles. The van der Waals surface area contributed by atoms with Crippen LogP contribution < -0.4 is 5.32 Å². The van der Waals surface area contributed by atoms with E-state index < -0.39 is 5.60 Å². The Balaban J connectivity index is 1.39. The number of amides is 2. The Morgan fingerprint density at radius 2 is 2.07 bits per heavy atom. The van der Waals surface area contributed by atoms with Crippen molar-refractivity contribution >= 4 is 11.8 Å². The first-order valence-electron chi connectivity index (χ1n) is 9.25. The largest absolute Gasteiger partial charge is 0.456 e. The molecule has 2 saturated heterocycles. The highest BCUT2D eigenvalue weighted by atomic mass is 16.5. The van der Waals surface area contributed by atoms with Gasteiger partial charge in [0.2, 0.25) is 0 Å². The van der Waals surface area contributed by atoms with Gasteiger partial charge in [-0.2, -0.15) is 0 Å². The molecule has 0 aromatic carbocycles. The van der Waals surface area contributed by atoms with Crippen LogP contribution in [0.25, 0.3) is 0 Å². The van der Waals surface area contributed by atoms with Crippen molar-refractivity contribution in [3.63, 3.8) is 0 Å². The van der Waals surface area contributed by atoms with Gasteiger partial charge in [-0.1, -0.05) is 0 Å². The van der Waals surface area contributed by atoms with E-state index >= 15 is 0 Å². The quantitative estimate of drug-likeness (QED) is 0.896. The van der Waals surface area contributed by atoms with E-state index in [-0.39, 0.29) is 17.9 Å². The van der Waals surface area contributed by atoms with Gasteiger partial charge in [-0.25, -0.2) is 0 Å². The first-order chi connectivity index (χ1) is 13.0. The Hall–Kier alpha value is -2.67. The number of aryl methyl sites for hydroxylation is 1. The number of hydrogen-bond donors (Lipinski definition) is 1. The van der Waals surface area contributed by atoms with E-state index in [0.717, 1.165) is 18.6 Å². The first kappa shape index (κ1) is 17.7. The molecular formula is C20H23N3O4. The van der Waals surface area contributed by atoms with Crippen LogP contribution >= 0.6 is 0 Å². The van der Waals surface area contributed by atoms with E-state index in [1.165, 1.54) is 0 Å². The number of ether oxygens (including phenoxy) is 1. The fourth-order valence-corrected chi connectivity index (χ4v) is 3.93. The highest BCUT2D eigenvalue weighted by Crippen LogP contribution is 2.35. The lowest BCUT2D eigenvalue weighted by Gasteiger charge is -2.38. The van der Waals surface area contributed by atoms with Gasteiger partial charge in [0.25, 0.3) is 11.8 Å². The lowest BCUT2D eigenvalue weighted by molar-refractivity contribution is -0.0777. The second-order valence-corrected chi connectivity index (χ2v) is 7.32. The maximum Gasteiger partial charge on any atom is 0.289 e. The molecule has 142 valence electrons. The molecule has 4 rings (SSSR count). The number of pyridine rings is 1. The maximum atomic E-state index is 12.6. The minimum Gasteiger partial charge on any atom is -0.456 e. The minimum absolute atomic E-state index is 0.0281. The van der Waals surface area contributed by atoms with Crippen LogP contribution in [-0.4, -0.2) is 53.0 Å². The number of aromatic nitrogens is 1. The van der Waals surface area contributed by atoms with Crippen LogP contribution in [0.3, 0.4) is 0 Å². The van der Waals surface area contributed by atoms with E-state index in [2.05, 4.69) is 10.3 Å². The number of rotatable bonds is 3. The summed E-state index contributed by atoms with van der Waals surface area (Å²) in [6.45, 7) is 3.54. The summed E-state index contributed by atoms with van der Waals surface area (Å²) in [4.78, 5) is 30.8. The van der Waals surface area contributed by atoms with Crippen LogP contribution in [0.5, 0.6) is 0 Å². The van der Waals surface area contributed by atoms with Gasteiger partial charge in [0.05, 0.1) is 12.1 Å². The molecule has 7 nitrogen and oxygen atoms in total. The van der Waals surface area contributed by atoms with Crippen molar-refractivity contribution in [3.05, 3.63) is 53.7 Å². The molecule has 0 bridgehead atoms. The maximum absolute atomic E-state index is 12.6. The van der Waals surface area contributed by atoms with E-state index in [4.69, 9.17) is 9.15 Å². The Morgan fingerprint density at radius 1 is 1.26 bits per heavy atom. The molecule has 0 aliphatic carbocycles. The summed E-state index contributed by atoms with van der Waals surface area (Å²) >= 11 is 0. The molecule has 1 N–H and O–H groups in total. The molecule has 2 amide bonds. The number of nitrogens with zero attached hydrogens (tertiary/aromatic N) is 2. The second kappa shape index (κ2) is 7.15. The molecule has 0 radical (unpaired) electrons. The van der Waals surface area contributed by atoms with Gasteiger partial charge in [-0.05, 0) is 50.5 Å². The number of hydrogen-bond acceptors (Lipinski definition) is 5. The highest BCUT2D eigenvalue weighted by Gasteiger charge is 2.45. The zero-order valence-electron chi connectivity index (χ0n) is 15.3. The molecule has 2 aliphatic heterocycles. The molecule has 4 heterocycles. The molecule has 7 heteroatoms. The fourth-order valence-electron chi connectivity index (χ4n) is 3.93. The van der Waals surface area contributed by atoms with Crippen molar-refractivity contribution in [2.45, 2.75) is 37.8 Å². The van der Waals surface area contributed by atoms with Crippen molar-refractivity contribution in [1.82, 2.24) is 15.2 Å². The van der Waals surface area contributed by atoms with Gasteiger partial charge in [-0.15, -0.1) is 0 Å². The normalized spacial score (nSPS) is 24.9. The van der Waals surface area contributed by atoms with E-state index in [1.54, 1.807) is 41.6 Å². The molecule has 0 saturated carbocycles. The standard InChI is InChI=1S/C20H23N3O4/c1-14-2-3-17(27-14)19(25)23-10-7-20(13-23)12-16(6-11-26-20)22-18(24)15-4-8-21-9-5-15/h2-5,8-9,16H,6-7,10-13H2,1H3,(H,22,24)/t16-,20-/m1/s1. The zero-order valence-corrected chi connectivity index (χ0v) is 15.3. The summed E-state index contributed by atoms with van der Waals surface area (Å²) in [5, 5.41) is 3.10. The molecular weight excluding hydrogens is 346 g/mol. The predicted molar refractivity (Wildman–Crippen MR) is 97.4 cm³/mol. The lowest BCUT2D eigenvalue weighted by atomic mass is 9.89. The smallest absolute Gasteiger partial charge is 0.289 e. The summed E-state index contributed by atoms with van der Waals surface area (Å²) in [5.41, 5.74) is 0.202. The minimum atomic E-state index is -0.397. The molecule has 27 heavy (non-hydrogen) atoms. The molecule has 1 spiro atoms. The van der Waals surface area contributed by atoms with Crippen molar-refractivity contribution in [2.24, 2.45) is 0 Å². The van der Waals surface area contributed by atoms with Crippen LogP contribution in [0.4, 0.5) is 0 Å². The summed E-state index contributed by atoms with van der Waals surface area (Å²) in [6.07, 6.45) is 5.45. The molecule has 0 unspecified atom stereocenters. The van der Waals surface area contributed by atoms with Crippen LogP contribution in [0.15, 0.2) is 41.1 Å². The van der Waals surface area contributed by atoms with Crippen LogP contribution in [0.1, 0.15) is 45.9 Å². The second-order valence-electron chi connectivity index (χ2n) is 7.32. The Kier molecular flexibility index (Phi) is 4.70. The predicted octanol–water partition coefficient (Wildman–Crippen LogP) is 2.18. The third kappa shape index (κ3) is 3.73. The van der Waals surface area contributed by atoms with Gasteiger partial charge in [0, 0.05) is 37.2 Å². The SMILES string of the molecule is Cc1ccc(C(=O)N2CC[C@@]3(C[C@H](NC(=O)c4ccncc4)CCO3)C2)o1. The summed E-state index contributed by atoms with van der Waals surface area (Å²) < 4.78 is 11.5. The van der Waals surface area contributed by atoms with E-state index in [1.807, 2.05) is 6.92 Å². The summed E-state index contributed by atoms with van der Waals surface area (Å²) in [6, 6.07) is 6.93. The van der Waals surface area contributed by atoms with Gasteiger partial charge < -0.3 is 19.4 Å². The topological polar surface area (TPSA) is 84.7 Å². The third-order valence-electron chi connectivity index (χ3n) is 5.33. The van der Waals surface area contributed by atoms with E-state index in [0.29, 0.717) is 37.4 Å². The number of carbonyl (C=O) groups is 2. The van der Waals surface area contributed by atoms with Crippen molar-refractivity contribution in [2.75, 3.05) is 19.7 Å². The molecule has 2 aliphatic rings. The monoisotopic (exact) mass is 369 g/mol. The average Bonchev–Trinajstić information content (AvgIpc) is 3.29. The number of nitrogens with one attached hydrogen (secondary N) is 1. The zero-order chi connectivity index (χ0) is 18.9. The third-order valence-corrected chi connectivity index (χ3v) is 5.33. The molecule has 2 atom stereocenters.